The van der Waals surface area contributed by atoms with Gasteiger partial charge in [0.15, 0.2) is 5.65 Å². The van der Waals surface area contributed by atoms with Crippen LogP contribution in [0.25, 0.3) is 5.65 Å². The summed E-state index contributed by atoms with van der Waals surface area (Å²) in [6, 6.07) is 1.91. The van der Waals surface area contributed by atoms with Crippen molar-refractivity contribution in [1.82, 2.24) is 14.6 Å². The van der Waals surface area contributed by atoms with Crippen LogP contribution < -0.4 is 5.73 Å². The summed E-state index contributed by atoms with van der Waals surface area (Å²) < 4.78 is 6.13. The molecule has 0 amide bonds. The molecule has 1 fully saturated rings. The zero-order valence-electron chi connectivity index (χ0n) is 9.38. The lowest BCUT2D eigenvalue weighted by Gasteiger charge is -2.04. The molecular weight excluding hydrogens is 220 g/mol. The maximum atomic E-state index is 11.4. The van der Waals surface area contributed by atoms with Crippen molar-refractivity contribution in [2.24, 2.45) is 0 Å². The first kappa shape index (κ1) is 10.1. The first-order valence-electron chi connectivity index (χ1n) is 5.43. The fourth-order valence-corrected chi connectivity index (χ4v) is 1.81. The summed E-state index contributed by atoms with van der Waals surface area (Å²) >= 11 is 0. The number of methoxy groups -OCH3 is 1. The minimum Gasteiger partial charge on any atom is -0.465 e. The second kappa shape index (κ2) is 3.44. The Labute approximate surface area is 97.4 Å². The third kappa shape index (κ3) is 1.52. The molecule has 0 atom stereocenters. The van der Waals surface area contributed by atoms with Crippen LogP contribution in [0.5, 0.6) is 0 Å². The lowest BCUT2D eigenvalue weighted by atomic mass is 10.3. The van der Waals surface area contributed by atoms with Crippen molar-refractivity contribution in [2.45, 2.75) is 18.8 Å². The average Bonchev–Trinajstić information content (AvgIpc) is 3.09. The Hall–Kier alpha value is -2.11. The standard InChI is InChI=1S/C11H12N4O2/c1-17-11(16)7-5-13-9-4-8(6-2-3-6)14-15(9)10(7)12/h4-6H,2-3,12H2,1H3. The van der Waals surface area contributed by atoms with E-state index in [0.717, 1.165) is 18.5 Å². The fourth-order valence-electron chi connectivity index (χ4n) is 1.81. The first-order chi connectivity index (χ1) is 8.20. The molecule has 6 nitrogen and oxygen atoms in total. The predicted molar refractivity (Wildman–Crippen MR) is 60.7 cm³/mol. The highest BCUT2D eigenvalue weighted by Crippen LogP contribution is 2.39. The molecule has 0 spiro atoms. The van der Waals surface area contributed by atoms with Crippen molar-refractivity contribution < 1.29 is 9.53 Å². The van der Waals surface area contributed by atoms with Crippen molar-refractivity contribution in [3.05, 3.63) is 23.5 Å². The largest absolute Gasteiger partial charge is 0.465 e. The van der Waals surface area contributed by atoms with Crippen LogP contribution in [0.15, 0.2) is 12.3 Å². The maximum absolute atomic E-state index is 11.4. The van der Waals surface area contributed by atoms with Crippen molar-refractivity contribution in [1.29, 1.82) is 0 Å². The van der Waals surface area contributed by atoms with E-state index in [-0.39, 0.29) is 11.4 Å². The number of hydrogen-bond donors (Lipinski definition) is 1. The van der Waals surface area contributed by atoms with Crippen LogP contribution in [-0.4, -0.2) is 27.7 Å². The molecule has 88 valence electrons. The van der Waals surface area contributed by atoms with E-state index < -0.39 is 5.97 Å². The zero-order valence-corrected chi connectivity index (χ0v) is 9.38. The van der Waals surface area contributed by atoms with Crippen LogP contribution in [0.1, 0.15) is 34.8 Å². The van der Waals surface area contributed by atoms with Crippen LogP contribution in [0.4, 0.5) is 5.82 Å². The Bertz CT molecular complexity index is 601. The van der Waals surface area contributed by atoms with E-state index in [1.54, 1.807) is 0 Å². The van der Waals surface area contributed by atoms with Gasteiger partial charge >= 0.3 is 5.97 Å². The highest BCUT2D eigenvalue weighted by Gasteiger charge is 2.27. The fraction of sp³-hybridized carbons (Fsp3) is 0.364. The number of carbonyl (C=O) groups excluding carboxylic acids is 1. The highest BCUT2D eigenvalue weighted by molar-refractivity contribution is 5.94. The molecule has 3 rings (SSSR count). The van der Waals surface area contributed by atoms with Crippen LogP contribution in [-0.2, 0) is 4.74 Å². The van der Waals surface area contributed by atoms with Crippen LogP contribution in [0.2, 0.25) is 0 Å². The summed E-state index contributed by atoms with van der Waals surface area (Å²) in [5.41, 5.74) is 7.79. The summed E-state index contributed by atoms with van der Waals surface area (Å²) in [6.07, 6.45) is 3.75. The van der Waals surface area contributed by atoms with E-state index in [1.165, 1.54) is 17.8 Å². The number of nitrogens with two attached hydrogens (primary N) is 1. The summed E-state index contributed by atoms with van der Waals surface area (Å²) in [4.78, 5) is 15.6. The van der Waals surface area contributed by atoms with Gasteiger partial charge in [0.25, 0.3) is 0 Å². The van der Waals surface area contributed by atoms with Crippen molar-refractivity contribution >= 4 is 17.4 Å². The van der Waals surface area contributed by atoms with Crippen LogP contribution in [0.3, 0.4) is 0 Å². The van der Waals surface area contributed by atoms with Crippen LogP contribution in [0, 0.1) is 0 Å². The minimum absolute atomic E-state index is 0.241. The number of hydrogen-bond acceptors (Lipinski definition) is 5. The summed E-state index contributed by atoms with van der Waals surface area (Å²) in [6.45, 7) is 0. The number of carbonyl (C=O) groups is 1. The van der Waals surface area contributed by atoms with Gasteiger partial charge in [0.2, 0.25) is 0 Å². The van der Waals surface area contributed by atoms with Gasteiger partial charge in [-0.1, -0.05) is 0 Å². The molecule has 0 radical (unpaired) electrons. The van der Waals surface area contributed by atoms with Crippen molar-refractivity contribution in [3.63, 3.8) is 0 Å². The lowest BCUT2D eigenvalue weighted by Crippen LogP contribution is -2.11. The molecule has 0 saturated heterocycles. The van der Waals surface area contributed by atoms with Gasteiger partial charge < -0.3 is 10.5 Å². The maximum Gasteiger partial charge on any atom is 0.343 e. The summed E-state index contributed by atoms with van der Waals surface area (Å²) in [5.74, 6) is 0.298. The van der Waals surface area contributed by atoms with E-state index >= 15 is 0 Å². The lowest BCUT2D eigenvalue weighted by molar-refractivity contribution is 0.0601. The summed E-state index contributed by atoms with van der Waals surface area (Å²) in [5, 5.41) is 4.37. The number of fused-ring (bicyclic) bond motifs is 1. The number of rotatable bonds is 2. The van der Waals surface area contributed by atoms with Crippen molar-refractivity contribution in [2.75, 3.05) is 12.8 Å². The number of esters is 1. The Morgan fingerprint density at radius 3 is 3.00 bits per heavy atom. The third-order valence-electron chi connectivity index (χ3n) is 2.94. The van der Waals surface area contributed by atoms with E-state index in [4.69, 9.17) is 5.73 Å². The summed E-state index contributed by atoms with van der Waals surface area (Å²) in [7, 11) is 1.31. The SMILES string of the molecule is COC(=O)c1cnc2cc(C3CC3)nn2c1N. The molecule has 0 bridgehead atoms. The molecule has 2 N–H and O–H groups in total. The van der Waals surface area contributed by atoms with E-state index in [0.29, 0.717) is 11.6 Å². The van der Waals surface area contributed by atoms with E-state index in [2.05, 4.69) is 14.8 Å². The molecule has 1 aliphatic carbocycles. The van der Waals surface area contributed by atoms with Gasteiger partial charge in [-0.3, -0.25) is 0 Å². The average molecular weight is 232 g/mol. The topological polar surface area (TPSA) is 82.5 Å². The van der Waals surface area contributed by atoms with Gasteiger partial charge in [-0.15, -0.1) is 0 Å². The first-order valence-corrected chi connectivity index (χ1v) is 5.43. The molecule has 2 heterocycles. The Kier molecular flexibility index (Phi) is 2.04. The minimum atomic E-state index is -0.500. The van der Waals surface area contributed by atoms with Gasteiger partial charge in [-0.2, -0.15) is 9.61 Å². The van der Waals surface area contributed by atoms with Gasteiger partial charge in [-0.05, 0) is 12.8 Å². The van der Waals surface area contributed by atoms with Crippen LogP contribution >= 0.6 is 0 Å². The van der Waals surface area contributed by atoms with Gasteiger partial charge in [0.1, 0.15) is 11.4 Å². The van der Waals surface area contributed by atoms with Gasteiger partial charge in [0, 0.05) is 18.2 Å². The van der Waals surface area contributed by atoms with E-state index in [9.17, 15) is 4.79 Å². The highest BCUT2D eigenvalue weighted by atomic mass is 16.5. The molecule has 17 heavy (non-hydrogen) atoms. The third-order valence-corrected chi connectivity index (χ3v) is 2.94. The quantitative estimate of drug-likeness (QED) is 0.780. The molecular formula is C11H12N4O2. The number of anilines is 1. The van der Waals surface area contributed by atoms with Crippen molar-refractivity contribution in [3.8, 4) is 0 Å². The number of nitrogen functional groups attached to an aromatic ring is 1. The monoisotopic (exact) mass is 232 g/mol. The molecule has 0 aliphatic heterocycles. The van der Waals surface area contributed by atoms with Gasteiger partial charge in [0.05, 0.1) is 12.8 Å². The molecule has 0 unspecified atom stereocenters. The second-order valence-corrected chi connectivity index (χ2v) is 4.16. The van der Waals surface area contributed by atoms with E-state index in [1.807, 2.05) is 6.07 Å². The zero-order chi connectivity index (χ0) is 12.0. The number of aromatic nitrogens is 3. The van der Waals surface area contributed by atoms with Gasteiger partial charge in [-0.25, -0.2) is 9.78 Å². The second-order valence-electron chi connectivity index (χ2n) is 4.16. The Morgan fingerprint density at radius 1 is 1.59 bits per heavy atom. The Morgan fingerprint density at radius 2 is 2.35 bits per heavy atom. The molecule has 0 aromatic carbocycles. The molecule has 6 heteroatoms. The molecule has 1 saturated carbocycles. The normalized spacial score (nSPS) is 15.1. The number of ether oxygens (including phenoxy) is 1. The molecule has 2 aromatic rings. The molecule has 2 aromatic heterocycles. The number of nitrogens with zero attached hydrogens (tertiary/aromatic N) is 3. The molecule has 1 aliphatic rings. The Balaban J connectivity index is 2.15. The predicted octanol–water partition coefficient (Wildman–Crippen LogP) is 0.975. The smallest absolute Gasteiger partial charge is 0.343 e.